The molecule has 24 heavy (non-hydrogen) atoms. The van der Waals surface area contributed by atoms with Crippen LogP contribution in [0, 0.1) is 0 Å². The van der Waals surface area contributed by atoms with Crippen LogP contribution in [-0.4, -0.2) is 31.4 Å². The van der Waals surface area contributed by atoms with Crippen LogP contribution in [0.5, 0.6) is 5.75 Å². The van der Waals surface area contributed by atoms with E-state index in [-0.39, 0.29) is 23.9 Å². The van der Waals surface area contributed by atoms with Gasteiger partial charge >= 0.3 is 0 Å². The molecule has 1 saturated heterocycles. The van der Waals surface area contributed by atoms with Gasteiger partial charge in [-0.25, -0.2) is 8.42 Å². The minimum absolute atomic E-state index is 0.0452. The quantitative estimate of drug-likeness (QED) is 0.894. The highest BCUT2D eigenvalue weighted by molar-refractivity contribution is 7.91. The zero-order valence-electron chi connectivity index (χ0n) is 13.3. The molecule has 0 unspecified atom stereocenters. The Labute approximate surface area is 140 Å². The maximum Gasteiger partial charge on any atom is 0.287 e. The Morgan fingerprint density at radius 1 is 1.25 bits per heavy atom. The van der Waals surface area contributed by atoms with E-state index in [0.29, 0.717) is 17.9 Å². The lowest BCUT2D eigenvalue weighted by molar-refractivity contribution is 0.0882. The van der Waals surface area contributed by atoms with Gasteiger partial charge in [0, 0.05) is 0 Å². The van der Waals surface area contributed by atoms with Crippen LogP contribution in [-0.2, 0) is 16.4 Å². The molecule has 1 aromatic heterocycles. The molecule has 2 heterocycles. The summed E-state index contributed by atoms with van der Waals surface area (Å²) in [6, 6.07) is 12.5. The number of sulfone groups is 1. The minimum Gasteiger partial charge on any atom is -0.486 e. The van der Waals surface area contributed by atoms with Gasteiger partial charge in [0.25, 0.3) is 5.91 Å². The molecule has 128 valence electrons. The van der Waals surface area contributed by atoms with Crippen molar-refractivity contribution in [1.29, 1.82) is 0 Å². The lowest BCUT2D eigenvalue weighted by atomic mass is 10.0. The molecule has 6 nitrogen and oxygen atoms in total. The van der Waals surface area contributed by atoms with Crippen LogP contribution in [0.2, 0.25) is 0 Å². The third-order valence-corrected chi connectivity index (χ3v) is 5.83. The van der Waals surface area contributed by atoms with E-state index in [2.05, 4.69) is 5.32 Å². The first-order valence-corrected chi connectivity index (χ1v) is 9.47. The van der Waals surface area contributed by atoms with Crippen LogP contribution in [0.25, 0.3) is 0 Å². The van der Waals surface area contributed by atoms with E-state index in [1.54, 1.807) is 19.1 Å². The van der Waals surface area contributed by atoms with Crippen LogP contribution in [0.1, 0.15) is 29.7 Å². The highest BCUT2D eigenvalue weighted by Gasteiger charge is 2.39. The number of nitrogens with one attached hydrogen (secondary N) is 1. The van der Waals surface area contributed by atoms with Gasteiger partial charge in [-0.1, -0.05) is 18.2 Å². The van der Waals surface area contributed by atoms with Crippen LogP contribution < -0.4 is 10.1 Å². The zero-order chi connectivity index (χ0) is 17.2. The van der Waals surface area contributed by atoms with E-state index >= 15 is 0 Å². The SMILES string of the molecule is C[C@@]1(NC(=O)c2ccc(COc3ccccc3)o2)CCS(=O)(=O)C1. The first-order chi connectivity index (χ1) is 11.4. The van der Waals surface area contributed by atoms with E-state index < -0.39 is 21.3 Å². The van der Waals surface area contributed by atoms with Crippen LogP contribution >= 0.6 is 0 Å². The third-order valence-electron chi connectivity index (χ3n) is 3.93. The fourth-order valence-electron chi connectivity index (χ4n) is 2.69. The average Bonchev–Trinajstić information content (AvgIpc) is 3.11. The predicted molar refractivity (Wildman–Crippen MR) is 88.6 cm³/mol. The number of hydrogen-bond donors (Lipinski definition) is 1. The van der Waals surface area contributed by atoms with Gasteiger partial charge in [0.15, 0.2) is 15.6 Å². The van der Waals surface area contributed by atoms with Gasteiger partial charge in [0.1, 0.15) is 18.1 Å². The lowest BCUT2D eigenvalue weighted by Crippen LogP contribution is -2.46. The van der Waals surface area contributed by atoms with Crippen molar-refractivity contribution in [2.75, 3.05) is 11.5 Å². The van der Waals surface area contributed by atoms with E-state index in [0.717, 1.165) is 0 Å². The number of para-hydroxylation sites is 1. The van der Waals surface area contributed by atoms with Gasteiger partial charge in [0.05, 0.1) is 17.0 Å². The summed E-state index contributed by atoms with van der Waals surface area (Å²) in [5, 5.41) is 2.76. The Hall–Kier alpha value is -2.28. The molecule has 0 radical (unpaired) electrons. The number of carbonyl (C=O) groups excluding carboxylic acids is 1. The fraction of sp³-hybridized carbons (Fsp3) is 0.353. The molecule has 0 spiro atoms. The Kier molecular flexibility index (Phi) is 4.36. The highest BCUT2D eigenvalue weighted by Crippen LogP contribution is 2.23. The van der Waals surface area contributed by atoms with Gasteiger partial charge < -0.3 is 14.5 Å². The van der Waals surface area contributed by atoms with Crippen LogP contribution in [0.15, 0.2) is 46.9 Å². The number of amides is 1. The fourth-order valence-corrected chi connectivity index (χ4v) is 4.79. The Bertz CT molecular complexity index is 828. The standard InChI is InChI=1S/C17H19NO5S/c1-17(9-10-24(20,21)12-17)18-16(19)15-8-7-14(23-15)11-22-13-5-3-2-4-6-13/h2-8H,9-12H2,1H3,(H,18,19)/t17-/m1/s1. The summed E-state index contributed by atoms with van der Waals surface area (Å²) in [4.78, 5) is 12.3. The van der Waals surface area contributed by atoms with Gasteiger partial charge in [-0.2, -0.15) is 0 Å². The van der Waals surface area contributed by atoms with Crippen molar-refractivity contribution in [2.45, 2.75) is 25.5 Å². The molecule has 1 atom stereocenters. The molecule has 0 bridgehead atoms. The van der Waals surface area contributed by atoms with Crippen molar-refractivity contribution in [3.63, 3.8) is 0 Å². The molecule has 7 heteroatoms. The Morgan fingerprint density at radius 3 is 2.67 bits per heavy atom. The lowest BCUT2D eigenvalue weighted by Gasteiger charge is -2.23. The molecule has 0 saturated carbocycles. The molecule has 1 fully saturated rings. The van der Waals surface area contributed by atoms with Crippen LogP contribution in [0.4, 0.5) is 0 Å². The molecular formula is C17H19NO5S. The van der Waals surface area contributed by atoms with Gasteiger partial charge in [0.2, 0.25) is 0 Å². The van der Waals surface area contributed by atoms with Gasteiger partial charge in [-0.05, 0) is 37.6 Å². The predicted octanol–water partition coefficient (Wildman–Crippen LogP) is 2.17. The van der Waals surface area contributed by atoms with Gasteiger partial charge in [-0.3, -0.25) is 4.79 Å². The van der Waals surface area contributed by atoms with Crippen molar-refractivity contribution >= 4 is 15.7 Å². The van der Waals surface area contributed by atoms with E-state index in [4.69, 9.17) is 9.15 Å². The summed E-state index contributed by atoms with van der Waals surface area (Å²) in [5.74, 6) is 1.01. The van der Waals surface area contributed by atoms with Crippen molar-refractivity contribution in [2.24, 2.45) is 0 Å². The minimum atomic E-state index is -3.08. The first kappa shape index (κ1) is 16.6. The monoisotopic (exact) mass is 349 g/mol. The summed E-state index contributed by atoms with van der Waals surface area (Å²) in [6.45, 7) is 1.95. The molecular weight excluding hydrogens is 330 g/mol. The summed E-state index contributed by atoms with van der Waals surface area (Å²) < 4.78 is 34.2. The number of benzene rings is 1. The first-order valence-electron chi connectivity index (χ1n) is 7.65. The third kappa shape index (κ3) is 3.97. The largest absolute Gasteiger partial charge is 0.486 e. The molecule has 0 aliphatic carbocycles. The van der Waals surface area contributed by atoms with Crippen molar-refractivity contribution in [1.82, 2.24) is 5.32 Å². The van der Waals surface area contributed by atoms with Gasteiger partial charge in [-0.15, -0.1) is 0 Å². The number of rotatable bonds is 5. The number of ether oxygens (including phenoxy) is 1. The summed E-state index contributed by atoms with van der Waals surface area (Å²) in [7, 11) is -3.08. The molecule has 1 amide bonds. The molecule has 1 N–H and O–H groups in total. The van der Waals surface area contributed by atoms with E-state index in [1.807, 2.05) is 30.3 Å². The maximum absolute atomic E-state index is 12.3. The molecule has 3 rings (SSSR count). The molecule has 1 aromatic carbocycles. The van der Waals surface area contributed by atoms with E-state index in [9.17, 15) is 13.2 Å². The Balaban J connectivity index is 1.60. The second kappa shape index (κ2) is 6.32. The number of hydrogen-bond acceptors (Lipinski definition) is 5. The smallest absolute Gasteiger partial charge is 0.287 e. The molecule has 1 aliphatic heterocycles. The normalized spacial score (nSPS) is 22.2. The summed E-state index contributed by atoms with van der Waals surface area (Å²) >= 11 is 0. The number of furan rings is 1. The topological polar surface area (TPSA) is 85.6 Å². The summed E-state index contributed by atoms with van der Waals surface area (Å²) in [5.41, 5.74) is -0.747. The molecule has 2 aromatic rings. The number of carbonyl (C=O) groups is 1. The zero-order valence-corrected chi connectivity index (χ0v) is 14.1. The highest BCUT2D eigenvalue weighted by atomic mass is 32.2. The van der Waals surface area contributed by atoms with Crippen molar-refractivity contribution < 1.29 is 22.4 Å². The van der Waals surface area contributed by atoms with E-state index in [1.165, 1.54) is 0 Å². The Morgan fingerprint density at radius 2 is 2.00 bits per heavy atom. The van der Waals surface area contributed by atoms with Crippen molar-refractivity contribution in [3.05, 3.63) is 54.0 Å². The molecule has 1 aliphatic rings. The average molecular weight is 349 g/mol. The summed E-state index contributed by atoms with van der Waals surface area (Å²) in [6.07, 6.45) is 0.408. The van der Waals surface area contributed by atoms with Crippen molar-refractivity contribution in [3.8, 4) is 5.75 Å². The maximum atomic E-state index is 12.3. The second-order valence-corrected chi connectivity index (χ2v) is 8.41. The van der Waals surface area contributed by atoms with Crippen LogP contribution in [0.3, 0.4) is 0 Å². The second-order valence-electron chi connectivity index (χ2n) is 6.22.